The number of ether oxygens (including phenoxy) is 1. The lowest BCUT2D eigenvalue weighted by Gasteiger charge is -1.99. The van der Waals surface area contributed by atoms with Gasteiger partial charge in [0.2, 0.25) is 0 Å². The Morgan fingerprint density at radius 1 is 1.56 bits per heavy atom. The van der Waals surface area contributed by atoms with Gasteiger partial charge < -0.3 is 4.74 Å². The van der Waals surface area contributed by atoms with Crippen LogP contribution in [0, 0.1) is 10.1 Å². The molecule has 6 nitrogen and oxygen atoms in total. The van der Waals surface area contributed by atoms with Gasteiger partial charge in [-0.1, -0.05) is 0 Å². The van der Waals surface area contributed by atoms with Gasteiger partial charge in [0.15, 0.2) is 0 Å². The number of fused-ring (bicyclic) bond motifs is 1. The second-order valence-electron chi connectivity index (χ2n) is 4.00. The first kappa shape index (κ1) is 12.2. The SMILES string of the molecule is COC(=O)CCC1=Nc2ccc([N+](=O)[O-])cc2C1. The number of rotatable bonds is 4. The van der Waals surface area contributed by atoms with Crippen molar-refractivity contribution in [1.29, 1.82) is 0 Å². The van der Waals surface area contributed by atoms with Gasteiger partial charge in [-0.2, -0.15) is 0 Å². The molecule has 0 radical (unpaired) electrons. The van der Waals surface area contributed by atoms with Gasteiger partial charge in [0.05, 0.1) is 24.1 Å². The van der Waals surface area contributed by atoms with Crippen LogP contribution in [0.5, 0.6) is 0 Å². The van der Waals surface area contributed by atoms with E-state index in [2.05, 4.69) is 9.73 Å². The first-order valence-electron chi connectivity index (χ1n) is 5.50. The zero-order valence-corrected chi connectivity index (χ0v) is 9.88. The number of hydrogen-bond donors (Lipinski definition) is 0. The Bertz CT molecular complexity index is 537. The van der Waals surface area contributed by atoms with Gasteiger partial charge in [0.25, 0.3) is 5.69 Å². The zero-order chi connectivity index (χ0) is 13.1. The maximum Gasteiger partial charge on any atom is 0.305 e. The van der Waals surface area contributed by atoms with Crippen molar-refractivity contribution in [3.63, 3.8) is 0 Å². The molecule has 0 atom stereocenters. The number of methoxy groups -OCH3 is 1. The molecule has 1 aliphatic rings. The molecule has 0 saturated heterocycles. The number of hydrogen-bond acceptors (Lipinski definition) is 5. The first-order valence-corrected chi connectivity index (χ1v) is 5.50. The van der Waals surface area contributed by atoms with Crippen molar-refractivity contribution in [2.75, 3.05) is 7.11 Å². The number of carbonyl (C=O) groups excluding carboxylic acids is 1. The van der Waals surface area contributed by atoms with Crippen LogP contribution in [0.4, 0.5) is 11.4 Å². The summed E-state index contributed by atoms with van der Waals surface area (Å²) in [4.78, 5) is 25.6. The van der Waals surface area contributed by atoms with E-state index in [9.17, 15) is 14.9 Å². The molecule has 0 aliphatic carbocycles. The van der Waals surface area contributed by atoms with E-state index in [1.807, 2.05) is 0 Å². The lowest BCUT2D eigenvalue weighted by Crippen LogP contribution is -2.05. The minimum absolute atomic E-state index is 0.0677. The van der Waals surface area contributed by atoms with Crippen LogP contribution in [0.15, 0.2) is 23.2 Å². The van der Waals surface area contributed by atoms with Crippen LogP contribution in [0.3, 0.4) is 0 Å². The molecule has 0 spiro atoms. The number of nitro benzene ring substituents is 1. The first-order chi connectivity index (χ1) is 8.60. The van der Waals surface area contributed by atoms with Crippen molar-refractivity contribution in [3.8, 4) is 0 Å². The summed E-state index contributed by atoms with van der Waals surface area (Å²) in [5.74, 6) is -0.278. The van der Waals surface area contributed by atoms with Gasteiger partial charge >= 0.3 is 5.97 Å². The van der Waals surface area contributed by atoms with Gasteiger partial charge in [-0.3, -0.25) is 19.9 Å². The van der Waals surface area contributed by atoms with Gasteiger partial charge in [0, 0.05) is 24.3 Å². The van der Waals surface area contributed by atoms with Crippen LogP contribution in [-0.2, 0) is 16.0 Å². The minimum Gasteiger partial charge on any atom is -0.469 e. The predicted molar refractivity (Wildman–Crippen MR) is 65.1 cm³/mol. The maximum atomic E-state index is 11.0. The molecule has 1 aliphatic heterocycles. The smallest absolute Gasteiger partial charge is 0.305 e. The van der Waals surface area contributed by atoms with Crippen LogP contribution >= 0.6 is 0 Å². The summed E-state index contributed by atoms with van der Waals surface area (Å²) in [6.45, 7) is 0. The second kappa shape index (κ2) is 4.95. The molecule has 2 rings (SSSR count). The largest absolute Gasteiger partial charge is 0.469 e. The molecule has 6 heteroatoms. The van der Waals surface area contributed by atoms with Crippen molar-refractivity contribution in [1.82, 2.24) is 0 Å². The number of carbonyl (C=O) groups is 1. The Morgan fingerprint density at radius 3 is 3.00 bits per heavy atom. The summed E-state index contributed by atoms with van der Waals surface area (Å²) < 4.78 is 4.55. The topological polar surface area (TPSA) is 81.8 Å². The molecular weight excluding hydrogens is 236 g/mol. The highest BCUT2D eigenvalue weighted by molar-refractivity contribution is 5.95. The quantitative estimate of drug-likeness (QED) is 0.464. The number of non-ortho nitro benzene ring substituents is 1. The highest BCUT2D eigenvalue weighted by atomic mass is 16.6. The maximum absolute atomic E-state index is 11.0. The average Bonchev–Trinajstić information content (AvgIpc) is 2.77. The summed E-state index contributed by atoms with van der Waals surface area (Å²) in [6, 6.07) is 4.61. The van der Waals surface area contributed by atoms with E-state index in [1.165, 1.54) is 19.2 Å². The zero-order valence-electron chi connectivity index (χ0n) is 9.88. The number of nitrogens with zero attached hydrogens (tertiary/aromatic N) is 2. The van der Waals surface area contributed by atoms with E-state index in [0.29, 0.717) is 12.8 Å². The van der Waals surface area contributed by atoms with E-state index in [4.69, 9.17) is 0 Å². The molecule has 1 aromatic carbocycles. The molecule has 18 heavy (non-hydrogen) atoms. The average molecular weight is 248 g/mol. The van der Waals surface area contributed by atoms with Crippen LogP contribution in [0.1, 0.15) is 18.4 Å². The standard InChI is InChI=1S/C12H12N2O4/c1-18-12(15)5-2-9-6-8-7-10(14(16)17)3-4-11(8)13-9/h3-4,7H,2,5-6H2,1H3. The Kier molecular flexibility index (Phi) is 3.36. The van der Waals surface area contributed by atoms with Gasteiger partial charge in [-0.15, -0.1) is 0 Å². The Hall–Kier alpha value is -2.24. The molecular formula is C12H12N2O4. The molecule has 1 heterocycles. The highest BCUT2D eigenvalue weighted by Gasteiger charge is 2.18. The summed E-state index contributed by atoms with van der Waals surface area (Å²) in [6.07, 6.45) is 1.37. The number of nitro groups is 1. The van der Waals surface area contributed by atoms with Gasteiger partial charge in [0.1, 0.15) is 0 Å². The summed E-state index contributed by atoms with van der Waals surface area (Å²) in [5.41, 5.74) is 2.51. The van der Waals surface area contributed by atoms with Crippen LogP contribution in [-0.4, -0.2) is 23.7 Å². The highest BCUT2D eigenvalue weighted by Crippen LogP contribution is 2.31. The summed E-state index contributed by atoms with van der Waals surface area (Å²) in [5, 5.41) is 10.6. The van der Waals surface area contributed by atoms with Crippen molar-refractivity contribution in [2.45, 2.75) is 19.3 Å². The van der Waals surface area contributed by atoms with Gasteiger partial charge in [-0.25, -0.2) is 0 Å². The Morgan fingerprint density at radius 2 is 2.33 bits per heavy atom. The third kappa shape index (κ3) is 2.53. The van der Waals surface area contributed by atoms with Crippen molar-refractivity contribution in [3.05, 3.63) is 33.9 Å². The van der Waals surface area contributed by atoms with E-state index >= 15 is 0 Å². The van der Waals surface area contributed by atoms with Crippen molar-refractivity contribution < 1.29 is 14.5 Å². The third-order valence-corrected chi connectivity index (χ3v) is 2.79. The molecule has 0 N–H and O–H groups in total. The van der Waals surface area contributed by atoms with Crippen LogP contribution in [0.2, 0.25) is 0 Å². The molecule has 0 amide bonds. The summed E-state index contributed by atoms with van der Waals surface area (Å²) in [7, 11) is 1.34. The molecule has 0 bridgehead atoms. The normalized spacial score (nSPS) is 12.8. The predicted octanol–water partition coefficient (Wildman–Crippen LogP) is 2.18. The van der Waals surface area contributed by atoms with E-state index < -0.39 is 4.92 Å². The van der Waals surface area contributed by atoms with Gasteiger partial charge in [-0.05, 0) is 18.1 Å². The molecule has 94 valence electrons. The third-order valence-electron chi connectivity index (χ3n) is 2.79. The molecule has 0 aromatic heterocycles. The number of aliphatic imine (C=N–C) groups is 1. The second-order valence-corrected chi connectivity index (χ2v) is 4.00. The number of esters is 1. The molecule has 1 aromatic rings. The fourth-order valence-electron chi connectivity index (χ4n) is 1.86. The summed E-state index contributed by atoms with van der Waals surface area (Å²) >= 11 is 0. The Labute approximate surface area is 103 Å². The fraction of sp³-hybridized carbons (Fsp3) is 0.333. The van der Waals surface area contributed by atoms with Crippen LogP contribution < -0.4 is 0 Å². The minimum atomic E-state index is -0.424. The van der Waals surface area contributed by atoms with Crippen molar-refractivity contribution in [2.24, 2.45) is 4.99 Å². The van der Waals surface area contributed by atoms with Crippen LogP contribution in [0.25, 0.3) is 0 Å². The van der Waals surface area contributed by atoms with E-state index in [1.54, 1.807) is 6.07 Å². The molecule has 0 unspecified atom stereocenters. The molecule has 0 fully saturated rings. The lowest BCUT2D eigenvalue weighted by atomic mass is 10.1. The Balaban J connectivity index is 2.05. The van der Waals surface area contributed by atoms with E-state index in [-0.39, 0.29) is 18.1 Å². The fourth-order valence-corrected chi connectivity index (χ4v) is 1.86. The van der Waals surface area contributed by atoms with Crippen molar-refractivity contribution >= 4 is 23.1 Å². The van der Waals surface area contributed by atoms with E-state index in [0.717, 1.165) is 17.0 Å². The monoisotopic (exact) mass is 248 g/mol. The molecule has 0 saturated carbocycles. The number of benzene rings is 1. The lowest BCUT2D eigenvalue weighted by molar-refractivity contribution is -0.384.